The lowest BCUT2D eigenvalue weighted by atomic mass is 9.64. The summed E-state index contributed by atoms with van der Waals surface area (Å²) >= 11 is 4.73. The monoisotopic (exact) mass is 1780 g/mol. The van der Waals surface area contributed by atoms with Crippen LogP contribution in [0.1, 0.15) is 431 Å². The van der Waals surface area contributed by atoms with Gasteiger partial charge in [0, 0.05) is 64.5 Å². The summed E-state index contributed by atoms with van der Waals surface area (Å²) in [7, 11) is 4.55. The molecule has 0 bridgehead atoms. The molecule has 3 fully saturated rings. The molecule has 18 heteroatoms. The number of aromatic nitrogens is 4. The summed E-state index contributed by atoms with van der Waals surface area (Å²) in [6.45, 7) is 16.3. The number of quaternary nitrogens is 2. The first-order chi connectivity index (χ1) is 52.8. The van der Waals surface area contributed by atoms with Crippen LogP contribution in [0.15, 0.2) is 12.2 Å². The lowest BCUT2D eigenvalue weighted by molar-refractivity contribution is -0.952. The number of nitrogens with zero attached hydrogens (tertiary/aromatic N) is 6. The number of ether oxygens (including phenoxy) is 4. The van der Waals surface area contributed by atoms with E-state index >= 15 is 0 Å². The maximum atomic E-state index is 13.1. The molecule has 2 aromatic heterocycles. The number of halogens is 2. The third kappa shape index (κ3) is 39.7. The second kappa shape index (κ2) is 62.3. The van der Waals surface area contributed by atoms with Crippen molar-refractivity contribution >= 4 is 75.1 Å². The minimum absolute atomic E-state index is 0. The van der Waals surface area contributed by atoms with E-state index in [2.05, 4.69) is 101 Å². The summed E-state index contributed by atoms with van der Waals surface area (Å²) in [6, 6.07) is 0. The average Bonchev–Trinajstić information content (AvgIpc) is 1.71. The van der Waals surface area contributed by atoms with E-state index in [-0.39, 0.29) is 48.4 Å². The van der Waals surface area contributed by atoms with Gasteiger partial charge in [-0.1, -0.05) is 358 Å². The SMILES string of the molecule is CCCCCCCCCCCCCCC(CI)(C(=O)[O-])C1CCC1.CCCCCCCCCCCCCCCC(=O)OC(C1CCC1)[N+]1(C)CCC=C(c2nsnc2OCCCCCC)C1.CCCCCCCCCCCCCCCC(=O)OC(C1CCC1)[N+]1(C)CCC=C(c2nsnc2OCCCCCC)C1.[I-]. The van der Waals surface area contributed by atoms with Gasteiger partial charge in [-0.15, -0.1) is 8.75 Å². The number of rotatable bonds is 64. The summed E-state index contributed by atoms with van der Waals surface area (Å²) in [4.78, 5) is 37.8. The molecule has 4 heterocycles. The Kier molecular flexibility index (Phi) is 56.7. The molecule has 0 radical (unpaired) electrons. The Hall–Kier alpha value is -2.01. The van der Waals surface area contributed by atoms with Crippen LogP contribution in [0.3, 0.4) is 0 Å². The molecular formula is C91H162I2N6O8S2. The molecule has 5 unspecified atom stereocenters. The minimum atomic E-state index is -0.787. The fourth-order valence-corrected chi connectivity index (χ4v) is 19.4. The Bertz CT molecular complexity index is 2520. The molecule has 14 nitrogen and oxygen atoms in total. The number of hydrogen-bond acceptors (Lipinski definition) is 14. The van der Waals surface area contributed by atoms with Crippen LogP contribution >= 0.6 is 46.0 Å². The van der Waals surface area contributed by atoms with Gasteiger partial charge >= 0.3 is 11.9 Å². The summed E-state index contributed by atoms with van der Waals surface area (Å²) in [6.07, 6.45) is 78.4. The maximum Gasteiger partial charge on any atom is 0.310 e. The van der Waals surface area contributed by atoms with Crippen molar-refractivity contribution in [3.63, 3.8) is 0 Å². The van der Waals surface area contributed by atoms with Gasteiger partial charge in [-0.05, 0) is 76.5 Å². The number of hydrogen-bond donors (Lipinski definition) is 0. The maximum absolute atomic E-state index is 13.1. The van der Waals surface area contributed by atoms with Crippen molar-refractivity contribution in [2.45, 2.75) is 432 Å². The van der Waals surface area contributed by atoms with E-state index in [4.69, 9.17) is 18.9 Å². The van der Waals surface area contributed by atoms with E-state index in [1.54, 1.807) is 0 Å². The molecule has 630 valence electrons. The fraction of sp³-hybridized carbons (Fsp3) is 0.879. The van der Waals surface area contributed by atoms with Crippen molar-refractivity contribution in [1.82, 2.24) is 17.5 Å². The van der Waals surface area contributed by atoms with Crippen LogP contribution in [-0.2, 0) is 23.9 Å². The highest BCUT2D eigenvalue weighted by atomic mass is 127. The molecule has 5 atom stereocenters. The lowest BCUT2D eigenvalue weighted by Gasteiger charge is -2.47. The number of alkyl halides is 1. The van der Waals surface area contributed by atoms with Gasteiger partial charge in [0.2, 0.25) is 12.5 Å². The number of carbonyl (C=O) groups is 3. The largest absolute Gasteiger partial charge is 1.00 e. The molecule has 5 aliphatic rings. The Morgan fingerprint density at radius 1 is 0.440 bits per heavy atom. The quantitative estimate of drug-likeness (QED) is 0.0203. The predicted molar refractivity (Wildman–Crippen MR) is 461 cm³/mol. The first kappa shape index (κ1) is 99.3. The Morgan fingerprint density at radius 2 is 0.734 bits per heavy atom. The molecule has 7 rings (SSSR count). The van der Waals surface area contributed by atoms with Crippen LogP contribution in [0.5, 0.6) is 11.8 Å². The molecule has 0 amide bonds. The molecule has 0 N–H and O–H groups in total. The molecule has 3 saturated carbocycles. The van der Waals surface area contributed by atoms with Gasteiger partial charge in [-0.25, -0.2) is 0 Å². The zero-order chi connectivity index (χ0) is 77.4. The van der Waals surface area contributed by atoms with E-state index in [1.807, 2.05) is 0 Å². The van der Waals surface area contributed by atoms with E-state index in [0.29, 0.717) is 55.6 Å². The number of carbonyl (C=O) groups excluding carboxylic acids is 3. The predicted octanol–water partition coefficient (Wildman–Crippen LogP) is 22.8. The smallest absolute Gasteiger partial charge is 0.310 e. The molecule has 109 heavy (non-hydrogen) atoms. The molecule has 0 spiro atoms. The second-order valence-electron chi connectivity index (χ2n) is 34.4. The summed E-state index contributed by atoms with van der Waals surface area (Å²) in [5.74, 6) is 1.87. The van der Waals surface area contributed by atoms with E-state index in [0.717, 1.165) is 154 Å². The second-order valence-corrected chi connectivity index (χ2v) is 36.2. The zero-order valence-electron chi connectivity index (χ0n) is 70.9. The molecule has 0 saturated heterocycles. The van der Waals surface area contributed by atoms with Crippen molar-refractivity contribution in [2.75, 3.05) is 57.9 Å². The standard InChI is InChI=1S/2C35H62N3O3S.C21H39IO2.HI/c2*1-4-6-8-10-11-12-13-14-15-16-17-18-19-26-32(39)41-35(30-23-21-24-30)38(3)27-22-25-31(29-38)33-34(37-42-36-33)40-28-20-9-7-5-2;1-2-3-4-5-6-7-8-9-10-11-12-13-17-21(18-22,20(23)24)19-15-14-16-19;/h2*25,30,35H,4-24,26-29H2,1-3H3;19H,2-18H2,1H3,(H,23,24);1H/q2*+1;;/p-2. The van der Waals surface area contributed by atoms with Crippen LogP contribution in [0.4, 0.5) is 0 Å². The third-order valence-electron chi connectivity index (χ3n) is 24.9. The molecular weight excluding hydrogens is 1620 g/mol. The zero-order valence-corrected chi connectivity index (χ0v) is 76.9. The van der Waals surface area contributed by atoms with Crippen molar-refractivity contribution in [3.05, 3.63) is 23.5 Å². The third-order valence-corrected chi connectivity index (χ3v) is 27.3. The molecule has 0 aromatic carbocycles. The topological polar surface area (TPSA) is 163 Å². The van der Waals surface area contributed by atoms with Gasteiger partial charge in [0.05, 0.1) is 63.9 Å². The Morgan fingerprint density at radius 3 is 1.01 bits per heavy atom. The summed E-state index contributed by atoms with van der Waals surface area (Å²) < 4.78 is 45.3. The lowest BCUT2D eigenvalue weighted by Crippen LogP contribution is -3.00. The van der Waals surface area contributed by atoms with Crippen LogP contribution in [0.25, 0.3) is 11.1 Å². The Labute approximate surface area is 707 Å². The average molecular weight is 1790 g/mol. The van der Waals surface area contributed by atoms with Crippen molar-refractivity contribution < 1.29 is 71.4 Å². The van der Waals surface area contributed by atoms with Gasteiger partial charge in [0.1, 0.15) is 24.5 Å². The highest BCUT2D eigenvalue weighted by Crippen LogP contribution is 2.47. The molecule has 2 aromatic rings. The number of unbranched alkanes of at least 4 members (excludes halogenated alkanes) is 41. The number of carboxylic acids is 1. The summed E-state index contributed by atoms with van der Waals surface area (Å²) in [5.41, 5.74) is 3.64. The van der Waals surface area contributed by atoms with Crippen LogP contribution in [-0.4, -0.2) is 115 Å². The molecule has 3 aliphatic carbocycles. The van der Waals surface area contributed by atoms with Gasteiger partial charge in [-0.3, -0.25) is 18.6 Å². The van der Waals surface area contributed by atoms with Gasteiger partial charge in [0.25, 0.3) is 11.8 Å². The number of aliphatic carboxylic acids is 1. The number of likely N-dealkylation sites (N-methyl/N-ethyl adjacent to an activating group) is 2. The van der Waals surface area contributed by atoms with Gasteiger partial charge in [-0.2, -0.15) is 8.75 Å². The highest BCUT2D eigenvalue weighted by molar-refractivity contribution is 14.1. The Balaban J connectivity index is 0.000000357. The summed E-state index contributed by atoms with van der Waals surface area (Å²) in [5, 5.41) is 11.7. The van der Waals surface area contributed by atoms with Crippen molar-refractivity contribution in [2.24, 2.45) is 23.2 Å². The van der Waals surface area contributed by atoms with Crippen molar-refractivity contribution in [1.29, 1.82) is 0 Å². The van der Waals surface area contributed by atoms with Crippen molar-refractivity contribution in [3.8, 4) is 11.8 Å². The number of esters is 2. The molecule has 2 aliphatic heterocycles. The first-order valence-electron chi connectivity index (χ1n) is 46.0. The number of carboxylic acid groups (broad SMARTS) is 1. The fourth-order valence-electron chi connectivity index (χ4n) is 17.1. The van der Waals surface area contributed by atoms with Gasteiger partial charge in [0.15, 0.2) is 0 Å². The first-order valence-corrected chi connectivity index (χ1v) is 48.9. The minimum Gasteiger partial charge on any atom is -1.00 e. The van der Waals surface area contributed by atoms with Gasteiger partial charge < -0.3 is 52.8 Å². The highest BCUT2D eigenvalue weighted by Gasteiger charge is 2.48. The van der Waals surface area contributed by atoms with Crippen LogP contribution < -0.4 is 38.6 Å². The normalized spacial score (nSPS) is 19.0. The van der Waals surface area contributed by atoms with E-state index in [1.165, 1.54) is 304 Å². The van der Waals surface area contributed by atoms with Crippen LogP contribution in [0, 0.1) is 23.2 Å². The van der Waals surface area contributed by atoms with E-state index in [9.17, 15) is 19.5 Å². The van der Waals surface area contributed by atoms with E-state index < -0.39 is 11.4 Å². The van der Waals surface area contributed by atoms with Crippen LogP contribution in [0.2, 0.25) is 0 Å².